The molecule has 2 atom stereocenters. The number of nitrogens with zero attached hydrogens (tertiary/aromatic N) is 3. The summed E-state index contributed by atoms with van der Waals surface area (Å²) in [7, 11) is 0. The fourth-order valence-corrected chi connectivity index (χ4v) is 5.85. The molecule has 4 fully saturated rings. The summed E-state index contributed by atoms with van der Waals surface area (Å²) >= 11 is 6.30. The third-order valence-electron chi connectivity index (χ3n) is 7.40. The maximum absolute atomic E-state index is 13.7. The molecule has 7 nitrogen and oxygen atoms in total. The Hall–Kier alpha value is -0.890. The molecule has 4 rings (SSSR count). The summed E-state index contributed by atoms with van der Waals surface area (Å²) in [5.41, 5.74) is -0.704. The molecule has 2 amide bonds. The third kappa shape index (κ3) is 4.16. The van der Waals surface area contributed by atoms with Crippen LogP contribution in [0.1, 0.15) is 52.4 Å². The predicted molar refractivity (Wildman–Crippen MR) is 113 cm³/mol. The molecule has 0 aromatic rings. The van der Waals surface area contributed by atoms with Crippen LogP contribution in [-0.4, -0.2) is 89.0 Å². The van der Waals surface area contributed by atoms with Crippen molar-refractivity contribution in [1.29, 1.82) is 0 Å². The first-order valence-corrected chi connectivity index (χ1v) is 11.8. The van der Waals surface area contributed by atoms with E-state index in [1.807, 2.05) is 18.7 Å². The number of halogens is 1. The molecule has 3 heterocycles. The largest absolute Gasteiger partial charge is 0.329 e. The molecule has 2 unspecified atom stereocenters. The molecular weight excluding hydrogens is 390 g/mol. The topological polar surface area (TPSA) is 67.9 Å². The first-order valence-electron chi connectivity index (χ1n) is 11.3. The molecule has 164 valence electrons. The lowest BCUT2D eigenvalue weighted by molar-refractivity contribution is -0.167. The molecule has 0 aromatic heterocycles. The van der Waals surface area contributed by atoms with E-state index in [0.717, 1.165) is 58.3 Å². The normalized spacial score (nSPS) is 37.2. The van der Waals surface area contributed by atoms with Crippen molar-refractivity contribution >= 4 is 23.4 Å². The highest BCUT2D eigenvalue weighted by atomic mass is 35.5. The quantitative estimate of drug-likeness (QED) is 0.662. The van der Waals surface area contributed by atoms with Crippen LogP contribution in [0.3, 0.4) is 0 Å². The standard InChI is InChI=1S/C21H36ClN5O2/c1-15(2)26-12-19(28)27(11-16-3-5-17(22)6-4-16)21(20(26)29)8-10-25(13-21)18-7-9-23-14-24-18/h15-18,23-24H,3-14H2,1-2H3. The molecule has 3 aliphatic heterocycles. The molecule has 3 saturated heterocycles. The fraction of sp³-hybridized carbons (Fsp3) is 0.905. The van der Waals surface area contributed by atoms with Gasteiger partial charge in [0.25, 0.3) is 5.91 Å². The van der Waals surface area contributed by atoms with Crippen LogP contribution in [-0.2, 0) is 9.59 Å². The number of likely N-dealkylation sites (tertiary alicyclic amines) is 1. The number of hydrogen-bond acceptors (Lipinski definition) is 5. The van der Waals surface area contributed by atoms with Gasteiger partial charge in [-0.2, -0.15) is 0 Å². The number of amides is 2. The second-order valence-electron chi connectivity index (χ2n) is 9.59. The summed E-state index contributed by atoms with van der Waals surface area (Å²) in [5, 5.41) is 7.11. The van der Waals surface area contributed by atoms with Crippen LogP contribution in [0.4, 0.5) is 0 Å². The summed E-state index contributed by atoms with van der Waals surface area (Å²) < 4.78 is 0. The molecule has 1 aliphatic carbocycles. The van der Waals surface area contributed by atoms with Crippen molar-refractivity contribution in [2.45, 2.75) is 75.5 Å². The summed E-state index contributed by atoms with van der Waals surface area (Å²) in [5.74, 6) is 0.719. The van der Waals surface area contributed by atoms with E-state index in [4.69, 9.17) is 11.6 Å². The van der Waals surface area contributed by atoms with Crippen LogP contribution in [0.25, 0.3) is 0 Å². The van der Waals surface area contributed by atoms with Gasteiger partial charge < -0.3 is 15.1 Å². The van der Waals surface area contributed by atoms with Gasteiger partial charge in [-0.05, 0) is 64.8 Å². The Morgan fingerprint density at radius 2 is 1.93 bits per heavy atom. The fourth-order valence-electron chi connectivity index (χ4n) is 5.59. The molecule has 0 radical (unpaired) electrons. The van der Waals surface area contributed by atoms with E-state index in [1.54, 1.807) is 4.90 Å². The Kier molecular flexibility index (Phi) is 6.40. The Labute approximate surface area is 179 Å². The van der Waals surface area contributed by atoms with Gasteiger partial charge >= 0.3 is 0 Å². The first-order chi connectivity index (χ1) is 13.9. The van der Waals surface area contributed by atoms with Crippen molar-refractivity contribution in [3.05, 3.63) is 0 Å². The van der Waals surface area contributed by atoms with Crippen molar-refractivity contribution in [1.82, 2.24) is 25.3 Å². The number of nitrogens with one attached hydrogen (secondary N) is 2. The van der Waals surface area contributed by atoms with E-state index >= 15 is 0 Å². The van der Waals surface area contributed by atoms with E-state index in [1.165, 1.54) is 0 Å². The second-order valence-corrected chi connectivity index (χ2v) is 10.2. The van der Waals surface area contributed by atoms with Gasteiger partial charge in [-0.1, -0.05) is 0 Å². The highest BCUT2D eigenvalue weighted by Crippen LogP contribution is 2.38. The van der Waals surface area contributed by atoms with Gasteiger partial charge in [0.2, 0.25) is 5.91 Å². The summed E-state index contributed by atoms with van der Waals surface area (Å²) in [6.07, 6.45) is 6.16. The smallest absolute Gasteiger partial charge is 0.250 e. The molecule has 8 heteroatoms. The Bertz CT molecular complexity index is 618. The van der Waals surface area contributed by atoms with E-state index in [-0.39, 0.29) is 35.9 Å². The van der Waals surface area contributed by atoms with Crippen molar-refractivity contribution in [3.8, 4) is 0 Å². The lowest BCUT2D eigenvalue weighted by atomic mass is 9.84. The van der Waals surface area contributed by atoms with Gasteiger partial charge in [0.1, 0.15) is 12.1 Å². The zero-order valence-corrected chi connectivity index (χ0v) is 18.6. The van der Waals surface area contributed by atoms with Gasteiger partial charge in [-0.25, -0.2) is 0 Å². The van der Waals surface area contributed by atoms with Crippen LogP contribution in [0.5, 0.6) is 0 Å². The summed E-state index contributed by atoms with van der Waals surface area (Å²) in [6.45, 7) is 8.22. The van der Waals surface area contributed by atoms with Crippen molar-refractivity contribution in [2.75, 3.05) is 39.4 Å². The lowest BCUT2D eigenvalue weighted by Crippen LogP contribution is -2.71. The number of rotatable bonds is 4. The summed E-state index contributed by atoms with van der Waals surface area (Å²) in [6, 6.07) is 0.0446. The summed E-state index contributed by atoms with van der Waals surface area (Å²) in [4.78, 5) is 33.2. The highest BCUT2D eigenvalue weighted by molar-refractivity contribution is 6.20. The van der Waals surface area contributed by atoms with Crippen LogP contribution in [0.15, 0.2) is 0 Å². The predicted octanol–water partition coefficient (Wildman–Crippen LogP) is 1.17. The minimum Gasteiger partial charge on any atom is -0.329 e. The van der Waals surface area contributed by atoms with Gasteiger partial charge in [0.15, 0.2) is 0 Å². The second kappa shape index (κ2) is 8.69. The van der Waals surface area contributed by atoms with E-state index < -0.39 is 5.54 Å². The molecule has 0 bridgehead atoms. The number of piperazine rings is 1. The van der Waals surface area contributed by atoms with Crippen LogP contribution < -0.4 is 10.6 Å². The minimum atomic E-state index is -0.704. The molecule has 29 heavy (non-hydrogen) atoms. The van der Waals surface area contributed by atoms with Gasteiger partial charge in [0.05, 0.1) is 6.17 Å². The first kappa shape index (κ1) is 21.3. The van der Waals surface area contributed by atoms with Crippen LogP contribution in [0.2, 0.25) is 0 Å². The molecule has 1 saturated carbocycles. The molecule has 1 spiro atoms. The molecule has 2 N–H and O–H groups in total. The van der Waals surface area contributed by atoms with Gasteiger partial charge in [-0.3, -0.25) is 19.8 Å². The highest BCUT2D eigenvalue weighted by Gasteiger charge is 2.57. The molecular formula is C21H36ClN5O2. The zero-order valence-electron chi connectivity index (χ0n) is 17.8. The monoisotopic (exact) mass is 425 g/mol. The van der Waals surface area contributed by atoms with Crippen molar-refractivity contribution in [3.63, 3.8) is 0 Å². The Morgan fingerprint density at radius 1 is 1.17 bits per heavy atom. The minimum absolute atomic E-state index is 0.0446. The Balaban J connectivity index is 1.56. The third-order valence-corrected chi connectivity index (χ3v) is 7.83. The van der Waals surface area contributed by atoms with E-state index in [0.29, 0.717) is 19.0 Å². The number of carbonyl (C=O) groups excluding carboxylic acids is 2. The number of hydrogen-bond donors (Lipinski definition) is 2. The van der Waals surface area contributed by atoms with E-state index in [9.17, 15) is 9.59 Å². The zero-order chi connectivity index (χ0) is 20.6. The number of carbonyl (C=O) groups is 2. The van der Waals surface area contributed by atoms with Gasteiger partial charge in [0, 0.05) is 37.7 Å². The molecule has 0 aromatic carbocycles. The molecule has 4 aliphatic rings. The van der Waals surface area contributed by atoms with Crippen LogP contribution >= 0.6 is 11.6 Å². The van der Waals surface area contributed by atoms with Crippen molar-refractivity contribution in [2.24, 2.45) is 5.92 Å². The van der Waals surface area contributed by atoms with Crippen molar-refractivity contribution < 1.29 is 9.59 Å². The lowest BCUT2D eigenvalue weighted by Gasteiger charge is -2.50. The average Bonchev–Trinajstić information content (AvgIpc) is 3.16. The number of alkyl halides is 1. The SMILES string of the molecule is CC(C)N1CC(=O)N(CC2CCC(Cl)CC2)C2(CCN(C3CCNCN3)C2)C1=O. The maximum Gasteiger partial charge on any atom is 0.250 e. The van der Waals surface area contributed by atoms with E-state index in [2.05, 4.69) is 15.5 Å². The average molecular weight is 426 g/mol. The maximum atomic E-state index is 13.7. The van der Waals surface area contributed by atoms with Crippen LogP contribution in [0, 0.1) is 5.92 Å². The Morgan fingerprint density at radius 3 is 2.59 bits per heavy atom. The van der Waals surface area contributed by atoms with Gasteiger partial charge in [-0.15, -0.1) is 11.6 Å².